The van der Waals surface area contributed by atoms with Crippen LogP contribution in [-0.4, -0.2) is 23.9 Å². The molecule has 1 fully saturated rings. The van der Waals surface area contributed by atoms with E-state index in [0.717, 1.165) is 29.5 Å². The first-order chi connectivity index (χ1) is 16.9. The van der Waals surface area contributed by atoms with Crippen LogP contribution in [0.25, 0.3) is 6.08 Å². The summed E-state index contributed by atoms with van der Waals surface area (Å²) in [5.74, 6) is -0.304. The molecule has 7 heteroatoms. The second-order valence-corrected chi connectivity index (χ2v) is 8.57. The summed E-state index contributed by atoms with van der Waals surface area (Å²) >= 11 is 0. The normalized spacial score (nSPS) is 12.7. The van der Waals surface area contributed by atoms with Gasteiger partial charge < -0.3 is 21.3 Å². The molecule has 4 amide bonds. The Labute approximate surface area is 204 Å². The summed E-state index contributed by atoms with van der Waals surface area (Å²) in [7, 11) is 0. The van der Waals surface area contributed by atoms with Gasteiger partial charge in [-0.25, -0.2) is 4.79 Å². The van der Waals surface area contributed by atoms with E-state index < -0.39 is 0 Å². The van der Waals surface area contributed by atoms with Crippen LogP contribution >= 0.6 is 0 Å². The third-order valence-corrected chi connectivity index (χ3v) is 5.44. The molecule has 1 aliphatic carbocycles. The second kappa shape index (κ2) is 11.2. The fraction of sp³-hybridized carbons (Fsp3) is 0.179. The summed E-state index contributed by atoms with van der Waals surface area (Å²) in [6.45, 7) is 2.28. The highest BCUT2D eigenvalue weighted by Gasteiger charge is 2.23. The number of carbonyl (C=O) groups is 3. The highest BCUT2D eigenvalue weighted by Crippen LogP contribution is 2.19. The van der Waals surface area contributed by atoms with E-state index in [1.807, 2.05) is 61.5 Å². The lowest BCUT2D eigenvalue weighted by atomic mass is 10.1. The van der Waals surface area contributed by atoms with Crippen molar-refractivity contribution in [3.05, 3.63) is 101 Å². The van der Waals surface area contributed by atoms with Crippen LogP contribution < -0.4 is 21.3 Å². The molecule has 0 saturated heterocycles. The smallest absolute Gasteiger partial charge is 0.323 e. The molecule has 0 atom stereocenters. The van der Waals surface area contributed by atoms with Gasteiger partial charge in [-0.15, -0.1) is 0 Å². The molecule has 178 valence electrons. The number of anilines is 2. The number of nitrogens with one attached hydrogen (secondary N) is 4. The minimum absolute atomic E-state index is 0.0647. The molecule has 0 spiro atoms. The van der Waals surface area contributed by atoms with Gasteiger partial charge in [0.25, 0.3) is 5.91 Å². The third kappa shape index (κ3) is 7.57. The van der Waals surface area contributed by atoms with E-state index in [4.69, 9.17) is 0 Å². The van der Waals surface area contributed by atoms with Crippen molar-refractivity contribution in [2.24, 2.45) is 0 Å². The number of urea groups is 1. The Morgan fingerprint density at radius 1 is 0.886 bits per heavy atom. The maximum absolute atomic E-state index is 12.3. The Hall–Kier alpha value is -4.39. The Balaban J connectivity index is 1.24. The summed E-state index contributed by atoms with van der Waals surface area (Å²) in [6.07, 6.45) is 5.25. The predicted molar refractivity (Wildman–Crippen MR) is 138 cm³/mol. The first-order valence-electron chi connectivity index (χ1n) is 11.5. The largest absolute Gasteiger partial charge is 0.349 e. The van der Waals surface area contributed by atoms with Crippen molar-refractivity contribution in [2.75, 3.05) is 10.6 Å². The molecule has 4 N–H and O–H groups in total. The van der Waals surface area contributed by atoms with Gasteiger partial charge in [-0.1, -0.05) is 36.4 Å². The van der Waals surface area contributed by atoms with Gasteiger partial charge in [-0.3, -0.25) is 9.59 Å². The Bertz CT molecular complexity index is 1250. The van der Waals surface area contributed by atoms with Gasteiger partial charge in [-0.2, -0.15) is 0 Å². The van der Waals surface area contributed by atoms with Crippen molar-refractivity contribution in [2.45, 2.75) is 32.4 Å². The van der Waals surface area contributed by atoms with Crippen LogP contribution in [0.5, 0.6) is 0 Å². The van der Waals surface area contributed by atoms with Crippen LogP contribution in [0.1, 0.15) is 39.9 Å². The zero-order valence-corrected chi connectivity index (χ0v) is 19.5. The number of rotatable bonds is 8. The zero-order chi connectivity index (χ0) is 24.6. The first-order valence-corrected chi connectivity index (χ1v) is 11.5. The van der Waals surface area contributed by atoms with E-state index in [-0.39, 0.29) is 17.8 Å². The van der Waals surface area contributed by atoms with Crippen molar-refractivity contribution < 1.29 is 14.4 Å². The lowest BCUT2D eigenvalue weighted by Crippen LogP contribution is -2.25. The number of hydrogen-bond donors (Lipinski definition) is 4. The van der Waals surface area contributed by atoms with E-state index in [1.165, 1.54) is 6.08 Å². The quantitative estimate of drug-likeness (QED) is 0.355. The topological polar surface area (TPSA) is 99.3 Å². The number of carbonyl (C=O) groups excluding carboxylic acids is 3. The number of hydrogen-bond acceptors (Lipinski definition) is 3. The monoisotopic (exact) mass is 468 g/mol. The molecule has 35 heavy (non-hydrogen) atoms. The lowest BCUT2D eigenvalue weighted by molar-refractivity contribution is -0.116. The van der Waals surface area contributed by atoms with Crippen LogP contribution in [-0.2, 0) is 11.3 Å². The Morgan fingerprint density at radius 2 is 1.57 bits per heavy atom. The summed E-state index contributed by atoms with van der Waals surface area (Å²) in [5, 5.41) is 11.4. The fourth-order valence-electron chi connectivity index (χ4n) is 3.44. The van der Waals surface area contributed by atoms with Crippen LogP contribution in [0.2, 0.25) is 0 Å². The SMILES string of the molecule is Cc1cccc(NC(=O)Nc2cccc(CNC(=O)C=Cc3ccc(C(=O)NC4CC4)cc3)c2)c1. The van der Waals surface area contributed by atoms with Gasteiger partial charge >= 0.3 is 6.03 Å². The van der Waals surface area contributed by atoms with Gasteiger partial charge in [0, 0.05) is 35.6 Å². The highest BCUT2D eigenvalue weighted by molar-refractivity contribution is 6.00. The molecule has 1 aliphatic rings. The molecule has 0 aliphatic heterocycles. The van der Waals surface area contributed by atoms with Gasteiger partial charge in [-0.05, 0) is 78.9 Å². The minimum Gasteiger partial charge on any atom is -0.349 e. The molecule has 3 aromatic carbocycles. The van der Waals surface area contributed by atoms with E-state index in [0.29, 0.717) is 29.5 Å². The zero-order valence-electron chi connectivity index (χ0n) is 19.5. The number of aryl methyl sites for hydroxylation is 1. The fourth-order valence-corrected chi connectivity index (χ4v) is 3.44. The van der Waals surface area contributed by atoms with Gasteiger partial charge in [0.15, 0.2) is 0 Å². The number of benzene rings is 3. The molecule has 0 unspecified atom stereocenters. The van der Waals surface area contributed by atoms with Crippen molar-refractivity contribution >= 4 is 35.3 Å². The van der Waals surface area contributed by atoms with E-state index >= 15 is 0 Å². The summed E-state index contributed by atoms with van der Waals surface area (Å²) in [6, 6.07) is 22.0. The molecule has 0 radical (unpaired) electrons. The predicted octanol–water partition coefficient (Wildman–Crippen LogP) is 4.86. The third-order valence-electron chi connectivity index (χ3n) is 5.44. The summed E-state index contributed by atoms with van der Waals surface area (Å²) in [4.78, 5) is 36.6. The molecule has 7 nitrogen and oxygen atoms in total. The molecular weight excluding hydrogens is 440 g/mol. The van der Waals surface area contributed by atoms with E-state index in [9.17, 15) is 14.4 Å². The van der Waals surface area contributed by atoms with Crippen molar-refractivity contribution in [1.82, 2.24) is 10.6 Å². The van der Waals surface area contributed by atoms with E-state index in [2.05, 4.69) is 21.3 Å². The van der Waals surface area contributed by atoms with Crippen molar-refractivity contribution in [3.8, 4) is 0 Å². The summed E-state index contributed by atoms with van der Waals surface area (Å²) in [5.41, 5.74) is 4.69. The Morgan fingerprint density at radius 3 is 2.26 bits per heavy atom. The number of amides is 4. The maximum Gasteiger partial charge on any atom is 0.323 e. The molecule has 3 aromatic rings. The van der Waals surface area contributed by atoms with Crippen molar-refractivity contribution in [1.29, 1.82) is 0 Å². The van der Waals surface area contributed by atoms with Crippen LogP contribution in [0.3, 0.4) is 0 Å². The minimum atomic E-state index is -0.337. The van der Waals surface area contributed by atoms with Gasteiger partial charge in [0.05, 0.1) is 0 Å². The first kappa shape index (κ1) is 23.8. The average Bonchev–Trinajstić information content (AvgIpc) is 3.66. The maximum atomic E-state index is 12.3. The van der Waals surface area contributed by atoms with Crippen LogP contribution in [0, 0.1) is 6.92 Å². The van der Waals surface area contributed by atoms with Crippen molar-refractivity contribution in [3.63, 3.8) is 0 Å². The molecule has 1 saturated carbocycles. The molecule has 0 heterocycles. The lowest BCUT2D eigenvalue weighted by Gasteiger charge is -2.10. The molecule has 0 bridgehead atoms. The standard InChI is InChI=1S/C28H28N4O3/c1-19-4-2-6-24(16-19)31-28(35)32-25-7-3-5-21(17-25)18-29-26(33)15-10-20-8-11-22(12-9-20)27(34)30-23-13-14-23/h2-12,15-17,23H,13-14,18H2,1H3,(H,29,33)(H,30,34)(H2,31,32,35). The Kier molecular flexibility index (Phi) is 7.57. The molecule has 4 rings (SSSR count). The van der Waals surface area contributed by atoms with E-state index in [1.54, 1.807) is 24.3 Å². The van der Waals surface area contributed by atoms with Crippen LogP contribution in [0.4, 0.5) is 16.2 Å². The summed E-state index contributed by atoms with van der Waals surface area (Å²) < 4.78 is 0. The second-order valence-electron chi connectivity index (χ2n) is 8.57. The highest BCUT2D eigenvalue weighted by atomic mass is 16.2. The molecule has 0 aromatic heterocycles. The average molecular weight is 469 g/mol. The molecular formula is C28H28N4O3. The van der Waals surface area contributed by atoms with Gasteiger partial charge in [0.2, 0.25) is 5.91 Å². The van der Waals surface area contributed by atoms with Gasteiger partial charge in [0.1, 0.15) is 0 Å². The van der Waals surface area contributed by atoms with Crippen LogP contribution in [0.15, 0.2) is 78.9 Å².